The van der Waals surface area contributed by atoms with Crippen LogP contribution in [0.3, 0.4) is 0 Å². The summed E-state index contributed by atoms with van der Waals surface area (Å²) in [5.41, 5.74) is 0.240. The molecular weight excluding hydrogens is 282 g/mol. The van der Waals surface area contributed by atoms with Gasteiger partial charge in [-0.1, -0.05) is 13.3 Å². The van der Waals surface area contributed by atoms with Gasteiger partial charge in [0.25, 0.3) is 5.91 Å². The molecule has 0 aromatic heterocycles. The summed E-state index contributed by atoms with van der Waals surface area (Å²) in [4.78, 5) is 12.0. The molecule has 4 heteroatoms. The second-order valence-corrected chi connectivity index (χ2v) is 5.61. The standard InChI is InChI=1S/C13H18BrNO2/c1-4-7-13(2,3)15-12(17)9-5-6-10(14)11(16)8-9/h5-6,8,16H,4,7H2,1-3H3,(H,15,17). The van der Waals surface area contributed by atoms with Crippen molar-refractivity contribution < 1.29 is 9.90 Å². The van der Waals surface area contributed by atoms with Crippen molar-refractivity contribution in [2.45, 2.75) is 39.2 Å². The number of benzene rings is 1. The molecule has 0 atom stereocenters. The Bertz CT molecular complexity index is 416. The van der Waals surface area contributed by atoms with E-state index in [0.29, 0.717) is 10.0 Å². The zero-order valence-corrected chi connectivity index (χ0v) is 12.0. The van der Waals surface area contributed by atoms with Crippen molar-refractivity contribution in [1.82, 2.24) is 5.32 Å². The SMILES string of the molecule is CCCC(C)(C)NC(=O)c1ccc(Br)c(O)c1. The van der Waals surface area contributed by atoms with E-state index in [4.69, 9.17) is 0 Å². The number of hydrogen-bond acceptors (Lipinski definition) is 2. The molecule has 0 bridgehead atoms. The molecule has 1 aromatic rings. The fourth-order valence-corrected chi connectivity index (χ4v) is 1.97. The van der Waals surface area contributed by atoms with Crippen LogP contribution in [0.15, 0.2) is 22.7 Å². The van der Waals surface area contributed by atoms with Crippen LogP contribution in [0.2, 0.25) is 0 Å². The van der Waals surface area contributed by atoms with Gasteiger partial charge in [0, 0.05) is 11.1 Å². The van der Waals surface area contributed by atoms with Gasteiger partial charge in [-0.2, -0.15) is 0 Å². The third kappa shape index (κ3) is 4.04. The molecule has 1 aromatic carbocycles. The number of halogens is 1. The largest absolute Gasteiger partial charge is 0.507 e. The highest BCUT2D eigenvalue weighted by Crippen LogP contribution is 2.24. The number of carbonyl (C=O) groups excluding carboxylic acids is 1. The Morgan fingerprint density at radius 1 is 1.47 bits per heavy atom. The summed E-state index contributed by atoms with van der Waals surface area (Å²) >= 11 is 3.18. The molecule has 94 valence electrons. The van der Waals surface area contributed by atoms with Crippen LogP contribution in [0.25, 0.3) is 0 Å². The lowest BCUT2D eigenvalue weighted by atomic mass is 9.98. The predicted molar refractivity (Wildman–Crippen MR) is 72.3 cm³/mol. The van der Waals surface area contributed by atoms with Crippen LogP contribution in [-0.2, 0) is 0 Å². The van der Waals surface area contributed by atoms with Crippen LogP contribution in [-0.4, -0.2) is 16.6 Å². The normalized spacial score (nSPS) is 11.3. The number of nitrogens with one attached hydrogen (secondary N) is 1. The van der Waals surface area contributed by atoms with Crippen molar-refractivity contribution in [3.8, 4) is 5.75 Å². The highest BCUT2D eigenvalue weighted by atomic mass is 79.9. The van der Waals surface area contributed by atoms with Gasteiger partial charge in [0.05, 0.1) is 4.47 Å². The summed E-state index contributed by atoms with van der Waals surface area (Å²) in [6, 6.07) is 4.81. The first-order valence-corrected chi connectivity index (χ1v) is 6.46. The van der Waals surface area contributed by atoms with Gasteiger partial charge in [-0.25, -0.2) is 0 Å². The number of carbonyl (C=O) groups is 1. The third-order valence-corrected chi connectivity index (χ3v) is 3.21. The van der Waals surface area contributed by atoms with Crippen LogP contribution in [0.5, 0.6) is 5.75 Å². The molecule has 0 radical (unpaired) electrons. The predicted octanol–water partition coefficient (Wildman–Crippen LogP) is 3.46. The molecule has 0 aliphatic carbocycles. The molecule has 0 fully saturated rings. The Morgan fingerprint density at radius 2 is 2.12 bits per heavy atom. The van der Waals surface area contributed by atoms with E-state index in [1.807, 2.05) is 13.8 Å². The van der Waals surface area contributed by atoms with Crippen molar-refractivity contribution in [1.29, 1.82) is 0 Å². The van der Waals surface area contributed by atoms with E-state index in [0.717, 1.165) is 12.8 Å². The molecule has 0 unspecified atom stereocenters. The maximum atomic E-state index is 12.0. The van der Waals surface area contributed by atoms with Crippen LogP contribution in [0.1, 0.15) is 44.0 Å². The van der Waals surface area contributed by atoms with E-state index in [2.05, 4.69) is 28.2 Å². The molecule has 0 aliphatic rings. The monoisotopic (exact) mass is 299 g/mol. The first-order chi connectivity index (χ1) is 7.85. The number of phenols is 1. The Balaban J connectivity index is 2.80. The molecule has 17 heavy (non-hydrogen) atoms. The van der Waals surface area contributed by atoms with E-state index >= 15 is 0 Å². The average Bonchev–Trinajstić information content (AvgIpc) is 2.21. The Kier molecular flexibility index (Phi) is 4.57. The van der Waals surface area contributed by atoms with Crippen molar-refractivity contribution in [3.05, 3.63) is 28.2 Å². The summed E-state index contributed by atoms with van der Waals surface area (Å²) in [7, 11) is 0. The number of rotatable bonds is 4. The van der Waals surface area contributed by atoms with Crippen molar-refractivity contribution >= 4 is 21.8 Å². The first kappa shape index (κ1) is 14.0. The van der Waals surface area contributed by atoms with Gasteiger partial charge in [-0.05, 0) is 54.4 Å². The highest BCUT2D eigenvalue weighted by Gasteiger charge is 2.20. The second-order valence-electron chi connectivity index (χ2n) is 4.75. The maximum Gasteiger partial charge on any atom is 0.251 e. The van der Waals surface area contributed by atoms with Gasteiger partial charge in [-0.15, -0.1) is 0 Å². The number of phenolic OH excluding ortho intramolecular Hbond substituents is 1. The molecule has 3 nitrogen and oxygen atoms in total. The molecule has 1 amide bonds. The molecule has 1 rings (SSSR count). The van der Waals surface area contributed by atoms with E-state index in [1.54, 1.807) is 12.1 Å². The summed E-state index contributed by atoms with van der Waals surface area (Å²) in [5.74, 6) is -0.0859. The summed E-state index contributed by atoms with van der Waals surface area (Å²) in [6.45, 7) is 6.07. The highest BCUT2D eigenvalue weighted by molar-refractivity contribution is 9.10. The Morgan fingerprint density at radius 3 is 2.65 bits per heavy atom. The molecule has 2 N–H and O–H groups in total. The zero-order chi connectivity index (χ0) is 13.1. The van der Waals surface area contributed by atoms with Crippen molar-refractivity contribution in [3.63, 3.8) is 0 Å². The van der Waals surface area contributed by atoms with Gasteiger partial charge in [-0.3, -0.25) is 4.79 Å². The minimum absolute atomic E-state index is 0.0750. The quantitative estimate of drug-likeness (QED) is 0.894. The van der Waals surface area contributed by atoms with Crippen molar-refractivity contribution in [2.24, 2.45) is 0 Å². The van der Waals surface area contributed by atoms with Gasteiger partial charge in [0.1, 0.15) is 5.75 Å². The van der Waals surface area contributed by atoms with Gasteiger partial charge < -0.3 is 10.4 Å². The Labute approximate surface area is 110 Å². The first-order valence-electron chi connectivity index (χ1n) is 5.67. The second kappa shape index (κ2) is 5.54. The number of aromatic hydroxyl groups is 1. The van der Waals surface area contributed by atoms with Gasteiger partial charge in [0.2, 0.25) is 0 Å². The van der Waals surface area contributed by atoms with Crippen LogP contribution < -0.4 is 5.32 Å². The fraction of sp³-hybridized carbons (Fsp3) is 0.462. The van der Waals surface area contributed by atoms with Crippen molar-refractivity contribution in [2.75, 3.05) is 0 Å². The van der Waals surface area contributed by atoms with E-state index in [1.165, 1.54) is 6.07 Å². The average molecular weight is 300 g/mol. The van der Waals surface area contributed by atoms with E-state index < -0.39 is 0 Å². The smallest absolute Gasteiger partial charge is 0.251 e. The molecule has 0 aliphatic heterocycles. The molecule has 0 spiro atoms. The summed E-state index contributed by atoms with van der Waals surface area (Å²) in [6.07, 6.45) is 1.93. The van der Waals surface area contributed by atoms with E-state index in [9.17, 15) is 9.90 Å². The van der Waals surface area contributed by atoms with Gasteiger partial charge >= 0.3 is 0 Å². The molecule has 0 saturated heterocycles. The minimum Gasteiger partial charge on any atom is -0.507 e. The third-order valence-electron chi connectivity index (χ3n) is 2.54. The van der Waals surface area contributed by atoms with Crippen LogP contribution >= 0.6 is 15.9 Å². The topological polar surface area (TPSA) is 49.3 Å². The molecule has 0 heterocycles. The zero-order valence-electron chi connectivity index (χ0n) is 10.4. The lowest BCUT2D eigenvalue weighted by molar-refractivity contribution is 0.0908. The summed E-state index contributed by atoms with van der Waals surface area (Å²) < 4.78 is 0.585. The minimum atomic E-state index is -0.228. The van der Waals surface area contributed by atoms with Crippen LogP contribution in [0, 0.1) is 0 Å². The summed E-state index contributed by atoms with van der Waals surface area (Å²) in [5, 5.41) is 12.5. The van der Waals surface area contributed by atoms with Gasteiger partial charge in [0.15, 0.2) is 0 Å². The maximum absolute atomic E-state index is 12.0. The Hall–Kier alpha value is -1.03. The fourth-order valence-electron chi connectivity index (χ4n) is 1.72. The molecular formula is C13H18BrNO2. The molecule has 0 saturated carbocycles. The number of hydrogen-bond donors (Lipinski definition) is 2. The number of amides is 1. The lowest BCUT2D eigenvalue weighted by Gasteiger charge is -2.25. The van der Waals surface area contributed by atoms with E-state index in [-0.39, 0.29) is 17.2 Å². The lowest BCUT2D eigenvalue weighted by Crippen LogP contribution is -2.43. The van der Waals surface area contributed by atoms with Crippen LogP contribution in [0.4, 0.5) is 0 Å².